The van der Waals surface area contributed by atoms with Gasteiger partial charge in [0.15, 0.2) is 11.5 Å². The molecule has 0 aromatic heterocycles. The minimum atomic E-state index is -0.664. The van der Waals surface area contributed by atoms with Crippen molar-refractivity contribution < 1.29 is 19.4 Å². The van der Waals surface area contributed by atoms with Gasteiger partial charge in [0, 0.05) is 18.2 Å². The Morgan fingerprint density at radius 3 is 2.56 bits per heavy atom. The van der Waals surface area contributed by atoms with Crippen molar-refractivity contribution in [2.24, 2.45) is 0 Å². The molecule has 1 unspecified atom stereocenters. The third-order valence-corrected chi connectivity index (χ3v) is 4.72. The molecule has 0 spiro atoms. The summed E-state index contributed by atoms with van der Waals surface area (Å²) in [5.74, 6) is -0.663. The zero-order valence-electron chi connectivity index (χ0n) is 15.7. The molecule has 27 heavy (non-hydrogen) atoms. The van der Waals surface area contributed by atoms with E-state index < -0.39 is 17.7 Å². The number of ether oxygens (including phenoxy) is 1. The van der Waals surface area contributed by atoms with Gasteiger partial charge in [0.25, 0.3) is 5.91 Å². The number of Topliss-reactive ketones (excluding diaryl/α,β-unsaturated/α-hetero) is 1. The van der Waals surface area contributed by atoms with Crippen LogP contribution in [-0.2, 0) is 9.59 Å². The summed E-state index contributed by atoms with van der Waals surface area (Å²) in [5, 5.41) is 10.5. The van der Waals surface area contributed by atoms with Crippen molar-refractivity contribution in [2.75, 3.05) is 11.5 Å². The van der Waals surface area contributed by atoms with Crippen LogP contribution in [0.2, 0.25) is 0 Å². The molecule has 0 bridgehead atoms. The van der Waals surface area contributed by atoms with Crippen molar-refractivity contribution in [3.8, 4) is 5.75 Å². The van der Waals surface area contributed by atoms with Crippen molar-refractivity contribution in [1.82, 2.24) is 0 Å². The lowest BCUT2D eigenvalue weighted by Gasteiger charge is -2.28. The van der Waals surface area contributed by atoms with Crippen LogP contribution in [0.3, 0.4) is 0 Å². The quantitative estimate of drug-likeness (QED) is 0.830. The Balaban J connectivity index is 2.18. The maximum absolute atomic E-state index is 12.9. The lowest BCUT2D eigenvalue weighted by Crippen LogP contribution is -2.31. The first-order valence-corrected chi connectivity index (χ1v) is 9.07. The number of ketones is 1. The standard InChI is InChI=1S/C22H23NO4/c1-4-18(24)19-20(17-12-7-6-9-14(17)3)23(22(26)21(19)25)15-10-8-11-16(13-15)27-5-2/h6-13,20,25H,4-5H2,1-3H3. The molecule has 0 radical (unpaired) electrons. The van der Waals surface area contributed by atoms with E-state index in [9.17, 15) is 14.7 Å². The van der Waals surface area contributed by atoms with E-state index in [2.05, 4.69) is 0 Å². The Morgan fingerprint density at radius 1 is 1.15 bits per heavy atom. The molecule has 1 aliphatic rings. The average Bonchev–Trinajstić information content (AvgIpc) is 2.93. The highest BCUT2D eigenvalue weighted by atomic mass is 16.5. The Kier molecular flexibility index (Phi) is 5.31. The first-order chi connectivity index (χ1) is 13.0. The minimum absolute atomic E-state index is 0.151. The van der Waals surface area contributed by atoms with E-state index in [1.165, 1.54) is 4.90 Å². The SMILES string of the molecule is CCOc1cccc(N2C(=O)C(O)=C(C(=O)CC)C2c2ccccc2C)c1. The molecular weight excluding hydrogens is 342 g/mol. The zero-order chi connectivity index (χ0) is 19.6. The topological polar surface area (TPSA) is 66.8 Å². The van der Waals surface area contributed by atoms with Crippen LogP contribution in [0, 0.1) is 6.92 Å². The molecule has 1 atom stereocenters. The van der Waals surface area contributed by atoms with Crippen LogP contribution < -0.4 is 9.64 Å². The van der Waals surface area contributed by atoms with Gasteiger partial charge in [0.1, 0.15) is 5.75 Å². The molecule has 1 amide bonds. The predicted octanol–water partition coefficient (Wildman–Crippen LogP) is 4.27. The number of aryl methyl sites for hydroxylation is 1. The molecule has 0 fully saturated rings. The molecular formula is C22H23NO4. The van der Waals surface area contributed by atoms with Crippen LogP contribution in [0.5, 0.6) is 5.75 Å². The first kappa shape index (κ1) is 18.7. The summed E-state index contributed by atoms with van der Waals surface area (Å²) in [6.45, 7) is 6.04. The number of aliphatic hydroxyl groups excluding tert-OH is 1. The molecule has 0 aliphatic carbocycles. The number of amides is 1. The van der Waals surface area contributed by atoms with Gasteiger partial charge in [-0.2, -0.15) is 0 Å². The normalized spacial score (nSPS) is 16.8. The third-order valence-electron chi connectivity index (χ3n) is 4.72. The Labute approximate surface area is 158 Å². The molecule has 5 heteroatoms. The summed E-state index contributed by atoms with van der Waals surface area (Å²) in [5.41, 5.74) is 2.48. The molecule has 3 rings (SSSR count). The second kappa shape index (κ2) is 7.66. The van der Waals surface area contributed by atoms with E-state index in [0.717, 1.165) is 11.1 Å². The fourth-order valence-electron chi connectivity index (χ4n) is 3.42. The number of carbonyl (C=O) groups is 2. The van der Waals surface area contributed by atoms with E-state index in [-0.39, 0.29) is 17.8 Å². The van der Waals surface area contributed by atoms with Gasteiger partial charge in [-0.15, -0.1) is 0 Å². The number of hydrogen-bond acceptors (Lipinski definition) is 4. The molecule has 1 aliphatic heterocycles. The summed E-state index contributed by atoms with van der Waals surface area (Å²) in [7, 11) is 0. The van der Waals surface area contributed by atoms with E-state index in [1.807, 2.05) is 44.2 Å². The van der Waals surface area contributed by atoms with Gasteiger partial charge in [0.05, 0.1) is 18.2 Å². The summed E-state index contributed by atoms with van der Waals surface area (Å²) in [6.07, 6.45) is 0.210. The molecule has 2 aromatic rings. The Bertz CT molecular complexity index is 916. The Morgan fingerprint density at radius 2 is 1.89 bits per heavy atom. The zero-order valence-corrected chi connectivity index (χ0v) is 15.7. The van der Waals surface area contributed by atoms with Crippen LogP contribution in [-0.4, -0.2) is 23.4 Å². The summed E-state index contributed by atoms with van der Waals surface area (Å²) in [6, 6.07) is 14.0. The smallest absolute Gasteiger partial charge is 0.294 e. The average molecular weight is 365 g/mol. The molecule has 0 saturated heterocycles. The van der Waals surface area contributed by atoms with Gasteiger partial charge in [-0.25, -0.2) is 0 Å². The lowest BCUT2D eigenvalue weighted by atomic mass is 9.92. The number of aliphatic hydroxyl groups is 1. The first-order valence-electron chi connectivity index (χ1n) is 9.07. The van der Waals surface area contributed by atoms with Crippen molar-refractivity contribution >= 4 is 17.4 Å². The van der Waals surface area contributed by atoms with Crippen LogP contribution in [0.1, 0.15) is 37.4 Å². The fraction of sp³-hybridized carbons (Fsp3) is 0.273. The number of carbonyl (C=O) groups excluding carboxylic acids is 2. The van der Waals surface area contributed by atoms with Crippen LogP contribution >= 0.6 is 0 Å². The minimum Gasteiger partial charge on any atom is -0.503 e. The molecule has 0 saturated carbocycles. The second-order valence-corrected chi connectivity index (χ2v) is 6.40. The maximum atomic E-state index is 12.9. The lowest BCUT2D eigenvalue weighted by molar-refractivity contribution is -0.118. The summed E-state index contributed by atoms with van der Waals surface area (Å²) < 4.78 is 5.55. The van der Waals surface area contributed by atoms with E-state index in [1.54, 1.807) is 25.1 Å². The summed E-state index contributed by atoms with van der Waals surface area (Å²) in [4.78, 5) is 27.0. The number of rotatable bonds is 6. The van der Waals surface area contributed by atoms with Crippen molar-refractivity contribution in [2.45, 2.75) is 33.2 Å². The van der Waals surface area contributed by atoms with Gasteiger partial charge < -0.3 is 9.84 Å². The van der Waals surface area contributed by atoms with Crippen LogP contribution in [0.15, 0.2) is 59.9 Å². The maximum Gasteiger partial charge on any atom is 0.294 e. The van der Waals surface area contributed by atoms with Gasteiger partial charge in [-0.3, -0.25) is 14.5 Å². The van der Waals surface area contributed by atoms with Gasteiger partial charge in [-0.05, 0) is 37.1 Å². The third kappa shape index (κ3) is 3.33. The molecule has 140 valence electrons. The largest absolute Gasteiger partial charge is 0.503 e. The number of anilines is 1. The number of nitrogens with zero attached hydrogens (tertiary/aromatic N) is 1. The van der Waals surface area contributed by atoms with E-state index in [0.29, 0.717) is 18.0 Å². The Hall–Kier alpha value is -3.08. The highest BCUT2D eigenvalue weighted by Crippen LogP contribution is 2.42. The van der Waals surface area contributed by atoms with Crippen LogP contribution in [0.4, 0.5) is 5.69 Å². The number of hydrogen-bond donors (Lipinski definition) is 1. The van der Waals surface area contributed by atoms with Gasteiger partial charge in [-0.1, -0.05) is 37.3 Å². The van der Waals surface area contributed by atoms with Crippen molar-refractivity contribution in [1.29, 1.82) is 0 Å². The molecule has 5 nitrogen and oxygen atoms in total. The molecule has 1 N–H and O–H groups in total. The van der Waals surface area contributed by atoms with Crippen molar-refractivity contribution in [3.05, 3.63) is 71.0 Å². The van der Waals surface area contributed by atoms with Crippen LogP contribution in [0.25, 0.3) is 0 Å². The molecule has 1 heterocycles. The van der Waals surface area contributed by atoms with Gasteiger partial charge >= 0.3 is 0 Å². The monoisotopic (exact) mass is 365 g/mol. The summed E-state index contributed by atoms with van der Waals surface area (Å²) >= 11 is 0. The second-order valence-electron chi connectivity index (χ2n) is 6.40. The highest BCUT2D eigenvalue weighted by molar-refractivity contribution is 6.16. The number of benzene rings is 2. The van der Waals surface area contributed by atoms with Gasteiger partial charge in [0.2, 0.25) is 0 Å². The van der Waals surface area contributed by atoms with Crippen molar-refractivity contribution in [3.63, 3.8) is 0 Å². The fourth-order valence-corrected chi connectivity index (χ4v) is 3.42. The predicted molar refractivity (Wildman–Crippen MR) is 104 cm³/mol. The van der Waals surface area contributed by atoms with E-state index >= 15 is 0 Å². The molecule has 2 aromatic carbocycles. The van der Waals surface area contributed by atoms with E-state index in [4.69, 9.17) is 4.74 Å². The highest BCUT2D eigenvalue weighted by Gasteiger charge is 2.44.